The number of carbonyl (C=O) groups excluding carboxylic acids is 1. The number of carboxylic acid groups (broad SMARTS) is 1. The molecule has 0 spiro atoms. The lowest BCUT2D eigenvalue weighted by atomic mass is 9.82. The van der Waals surface area contributed by atoms with Crippen molar-refractivity contribution in [1.82, 2.24) is 15.1 Å². The first-order valence-corrected chi connectivity index (χ1v) is 6.79. The van der Waals surface area contributed by atoms with Crippen LogP contribution in [0.5, 0.6) is 0 Å². The van der Waals surface area contributed by atoms with E-state index >= 15 is 0 Å². The molecule has 2 N–H and O–H groups in total. The van der Waals surface area contributed by atoms with E-state index in [9.17, 15) is 9.59 Å². The van der Waals surface area contributed by atoms with Gasteiger partial charge in [-0.1, -0.05) is 12.2 Å². The van der Waals surface area contributed by atoms with Crippen molar-refractivity contribution >= 4 is 11.9 Å². The molecule has 6 nitrogen and oxygen atoms in total. The van der Waals surface area contributed by atoms with E-state index in [0.29, 0.717) is 19.4 Å². The van der Waals surface area contributed by atoms with Crippen molar-refractivity contribution in [2.24, 2.45) is 11.8 Å². The molecule has 1 amide bonds. The number of aliphatic carboxylic acids is 1. The summed E-state index contributed by atoms with van der Waals surface area (Å²) in [7, 11) is 0. The molecule has 0 aliphatic heterocycles. The Bertz CT molecular complexity index is 521. The Morgan fingerprint density at radius 2 is 2.10 bits per heavy atom. The highest BCUT2D eigenvalue weighted by Gasteiger charge is 2.33. The highest BCUT2D eigenvalue weighted by atomic mass is 16.4. The summed E-state index contributed by atoms with van der Waals surface area (Å²) in [5.41, 5.74) is 0.776. The standard InChI is InChI=1S/C14H19N3O3/c1-2-17-8-7-10(16-17)9-15-13(18)11-5-3-4-6-12(11)14(19)20/h3-4,7-8,11-12H,2,5-6,9H2,1H3,(H,15,18)(H,19,20). The van der Waals surface area contributed by atoms with Crippen LogP contribution in [-0.2, 0) is 22.7 Å². The van der Waals surface area contributed by atoms with Crippen molar-refractivity contribution in [2.45, 2.75) is 32.9 Å². The minimum Gasteiger partial charge on any atom is -0.481 e. The molecule has 1 aromatic rings. The molecular formula is C14H19N3O3. The van der Waals surface area contributed by atoms with Gasteiger partial charge in [-0.2, -0.15) is 5.10 Å². The van der Waals surface area contributed by atoms with E-state index in [1.54, 1.807) is 4.68 Å². The quantitative estimate of drug-likeness (QED) is 0.792. The van der Waals surface area contributed by atoms with Crippen molar-refractivity contribution in [2.75, 3.05) is 0 Å². The third-order valence-corrected chi connectivity index (χ3v) is 3.55. The molecule has 20 heavy (non-hydrogen) atoms. The topological polar surface area (TPSA) is 84.2 Å². The number of rotatable bonds is 5. The Labute approximate surface area is 117 Å². The maximum atomic E-state index is 12.1. The van der Waals surface area contributed by atoms with Crippen molar-refractivity contribution < 1.29 is 14.7 Å². The van der Waals surface area contributed by atoms with Gasteiger partial charge in [0.15, 0.2) is 0 Å². The molecular weight excluding hydrogens is 258 g/mol. The van der Waals surface area contributed by atoms with Crippen LogP contribution in [0.25, 0.3) is 0 Å². The van der Waals surface area contributed by atoms with E-state index in [-0.39, 0.29) is 5.91 Å². The van der Waals surface area contributed by atoms with Gasteiger partial charge in [0.2, 0.25) is 5.91 Å². The molecule has 1 aromatic heterocycles. The number of nitrogens with one attached hydrogen (secondary N) is 1. The molecule has 0 saturated carbocycles. The van der Waals surface area contributed by atoms with Crippen LogP contribution in [0.15, 0.2) is 24.4 Å². The zero-order valence-electron chi connectivity index (χ0n) is 11.5. The third-order valence-electron chi connectivity index (χ3n) is 3.55. The number of aromatic nitrogens is 2. The van der Waals surface area contributed by atoms with Crippen LogP contribution in [0.3, 0.4) is 0 Å². The number of hydrogen-bond acceptors (Lipinski definition) is 3. The van der Waals surface area contributed by atoms with Crippen molar-refractivity contribution in [3.8, 4) is 0 Å². The predicted octanol–water partition coefficient (Wildman–Crippen LogP) is 1.19. The summed E-state index contributed by atoms with van der Waals surface area (Å²) < 4.78 is 1.78. The Morgan fingerprint density at radius 1 is 1.40 bits per heavy atom. The van der Waals surface area contributed by atoms with Gasteiger partial charge in [-0.05, 0) is 25.8 Å². The zero-order chi connectivity index (χ0) is 14.5. The van der Waals surface area contributed by atoms with Gasteiger partial charge in [-0.15, -0.1) is 0 Å². The Morgan fingerprint density at radius 3 is 2.70 bits per heavy atom. The number of amides is 1. The minimum absolute atomic E-state index is 0.215. The average molecular weight is 277 g/mol. The summed E-state index contributed by atoms with van der Waals surface area (Å²) in [6, 6.07) is 1.85. The van der Waals surface area contributed by atoms with Crippen LogP contribution in [0.1, 0.15) is 25.5 Å². The second kappa shape index (κ2) is 6.36. The molecule has 0 aromatic carbocycles. The van der Waals surface area contributed by atoms with Gasteiger partial charge in [-0.25, -0.2) is 0 Å². The summed E-state index contributed by atoms with van der Waals surface area (Å²) >= 11 is 0. The fourth-order valence-electron chi connectivity index (χ4n) is 2.36. The summed E-state index contributed by atoms with van der Waals surface area (Å²) in [6.45, 7) is 3.10. The maximum Gasteiger partial charge on any atom is 0.307 e. The van der Waals surface area contributed by atoms with E-state index in [1.807, 2.05) is 31.3 Å². The van der Waals surface area contributed by atoms with Crippen LogP contribution in [-0.4, -0.2) is 26.8 Å². The predicted molar refractivity (Wildman–Crippen MR) is 72.7 cm³/mol. The van der Waals surface area contributed by atoms with Crippen LogP contribution in [0.4, 0.5) is 0 Å². The fraction of sp³-hybridized carbons (Fsp3) is 0.500. The molecule has 2 unspecified atom stereocenters. The van der Waals surface area contributed by atoms with E-state index in [4.69, 9.17) is 5.11 Å². The summed E-state index contributed by atoms with van der Waals surface area (Å²) in [5.74, 6) is -2.25. The molecule has 1 heterocycles. The monoisotopic (exact) mass is 277 g/mol. The lowest BCUT2D eigenvalue weighted by Gasteiger charge is -2.24. The summed E-state index contributed by atoms with van der Waals surface area (Å²) in [6.07, 6.45) is 6.44. The van der Waals surface area contributed by atoms with E-state index < -0.39 is 17.8 Å². The van der Waals surface area contributed by atoms with Crippen LogP contribution < -0.4 is 5.32 Å². The number of carbonyl (C=O) groups is 2. The van der Waals surface area contributed by atoms with Gasteiger partial charge >= 0.3 is 5.97 Å². The molecule has 0 bridgehead atoms. The Hall–Kier alpha value is -2.11. The lowest BCUT2D eigenvalue weighted by Crippen LogP contribution is -2.38. The van der Waals surface area contributed by atoms with Gasteiger partial charge in [0, 0.05) is 12.7 Å². The van der Waals surface area contributed by atoms with Gasteiger partial charge in [0.05, 0.1) is 24.1 Å². The zero-order valence-corrected chi connectivity index (χ0v) is 11.5. The highest BCUT2D eigenvalue weighted by molar-refractivity contribution is 5.85. The number of nitrogens with zero attached hydrogens (tertiary/aromatic N) is 2. The minimum atomic E-state index is -0.912. The SMILES string of the molecule is CCn1ccc(CNC(=O)C2CC=CCC2C(=O)O)n1. The molecule has 0 saturated heterocycles. The van der Waals surface area contributed by atoms with Crippen LogP contribution in [0.2, 0.25) is 0 Å². The van der Waals surface area contributed by atoms with Crippen molar-refractivity contribution in [3.63, 3.8) is 0 Å². The van der Waals surface area contributed by atoms with Gasteiger partial charge < -0.3 is 10.4 Å². The first kappa shape index (κ1) is 14.3. The molecule has 1 aliphatic carbocycles. The Kier molecular flexibility index (Phi) is 4.55. The second-order valence-electron chi connectivity index (χ2n) is 4.87. The second-order valence-corrected chi connectivity index (χ2v) is 4.87. The maximum absolute atomic E-state index is 12.1. The molecule has 0 fully saturated rings. The molecule has 0 radical (unpaired) electrons. The first-order valence-electron chi connectivity index (χ1n) is 6.79. The third kappa shape index (κ3) is 3.26. The average Bonchev–Trinajstić information content (AvgIpc) is 2.92. The van der Waals surface area contributed by atoms with Gasteiger partial charge in [0.1, 0.15) is 0 Å². The largest absolute Gasteiger partial charge is 0.481 e. The molecule has 2 atom stereocenters. The summed E-state index contributed by atoms with van der Waals surface area (Å²) in [4.78, 5) is 23.3. The number of aryl methyl sites for hydroxylation is 1. The van der Waals surface area contributed by atoms with E-state index in [1.165, 1.54) is 0 Å². The molecule has 6 heteroatoms. The molecule has 2 rings (SSSR count). The van der Waals surface area contributed by atoms with Gasteiger partial charge in [0.25, 0.3) is 0 Å². The summed E-state index contributed by atoms with van der Waals surface area (Å²) in [5, 5.41) is 16.2. The molecule has 108 valence electrons. The molecule has 1 aliphatic rings. The number of carboxylic acids is 1. The fourth-order valence-corrected chi connectivity index (χ4v) is 2.36. The lowest BCUT2D eigenvalue weighted by molar-refractivity contribution is -0.147. The van der Waals surface area contributed by atoms with Crippen LogP contribution >= 0.6 is 0 Å². The van der Waals surface area contributed by atoms with Crippen LogP contribution in [0, 0.1) is 11.8 Å². The Balaban J connectivity index is 1.93. The van der Waals surface area contributed by atoms with E-state index in [0.717, 1.165) is 12.2 Å². The number of hydrogen-bond donors (Lipinski definition) is 2. The number of allylic oxidation sites excluding steroid dienone is 2. The van der Waals surface area contributed by atoms with Gasteiger partial charge in [-0.3, -0.25) is 14.3 Å². The highest BCUT2D eigenvalue weighted by Crippen LogP contribution is 2.26. The van der Waals surface area contributed by atoms with E-state index in [2.05, 4.69) is 10.4 Å². The van der Waals surface area contributed by atoms with Crippen molar-refractivity contribution in [3.05, 3.63) is 30.1 Å². The first-order chi connectivity index (χ1) is 9.61. The smallest absolute Gasteiger partial charge is 0.307 e. The van der Waals surface area contributed by atoms with Crippen molar-refractivity contribution in [1.29, 1.82) is 0 Å². The normalized spacial score (nSPS) is 21.6.